The molecule has 1 aliphatic heterocycles. The first-order valence-electron chi connectivity index (χ1n) is 6.65. The number of carbonyl (C=O) groups is 1. The van der Waals surface area contributed by atoms with Crippen molar-refractivity contribution < 1.29 is 18.3 Å². The molecular weight excluding hydrogens is 266 g/mol. The Bertz CT molecular complexity index is 445. The molecule has 2 atom stereocenters. The van der Waals surface area contributed by atoms with Crippen molar-refractivity contribution in [3.63, 3.8) is 0 Å². The number of amides is 1. The third kappa shape index (κ3) is 3.90. The molecule has 1 amide bonds. The average molecular weight is 284 g/mol. The molecule has 2 rings (SSSR count). The van der Waals surface area contributed by atoms with Gasteiger partial charge in [-0.3, -0.25) is 4.79 Å². The van der Waals surface area contributed by atoms with Crippen molar-refractivity contribution in [1.82, 2.24) is 10.6 Å². The summed E-state index contributed by atoms with van der Waals surface area (Å²) in [5, 5.41) is 6.04. The summed E-state index contributed by atoms with van der Waals surface area (Å²) in [5.41, 5.74) is 0.845. The van der Waals surface area contributed by atoms with Crippen molar-refractivity contribution in [2.24, 2.45) is 0 Å². The Morgan fingerprint density at radius 3 is 2.65 bits per heavy atom. The molecule has 1 saturated heterocycles. The highest BCUT2D eigenvalue weighted by Crippen LogP contribution is 2.19. The molecule has 0 bridgehead atoms. The fraction of sp³-hybridized carbons (Fsp3) is 0.500. The third-order valence-corrected chi connectivity index (χ3v) is 3.34. The van der Waals surface area contributed by atoms with Crippen LogP contribution in [0.3, 0.4) is 0 Å². The standard InChI is InChI=1S/C14H18F2N2O2/c1-9(18-13(19)12-3-2-8-17-12)10-4-6-11(7-5-10)20-14(15)16/h4-7,9,12,14,17H,2-3,8H2,1H3,(H,18,19). The predicted molar refractivity (Wildman–Crippen MR) is 70.7 cm³/mol. The maximum absolute atomic E-state index is 12.0. The second-order valence-corrected chi connectivity index (χ2v) is 4.83. The van der Waals surface area contributed by atoms with Crippen LogP contribution in [0.5, 0.6) is 5.75 Å². The van der Waals surface area contributed by atoms with Crippen molar-refractivity contribution in [2.75, 3.05) is 6.54 Å². The van der Waals surface area contributed by atoms with E-state index in [2.05, 4.69) is 15.4 Å². The molecule has 1 heterocycles. The fourth-order valence-corrected chi connectivity index (χ4v) is 2.24. The minimum Gasteiger partial charge on any atom is -0.435 e. The van der Waals surface area contributed by atoms with E-state index in [0.717, 1.165) is 24.9 Å². The first kappa shape index (κ1) is 14.7. The summed E-state index contributed by atoms with van der Waals surface area (Å²) in [7, 11) is 0. The minimum absolute atomic E-state index is 0.0251. The van der Waals surface area contributed by atoms with Crippen molar-refractivity contribution in [3.05, 3.63) is 29.8 Å². The predicted octanol–water partition coefficient (Wildman–Crippen LogP) is 2.22. The van der Waals surface area contributed by atoms with E-state index in [1.807, 2.05) is 6.92 Å². The number of ether oxygens (including phenoxy) is 1. The molecule has 1 aromatic carbocycles. The molecule has 2 unspecified atom stereocenters. The van der Waals surface area contributed by atoms with Crippen LogP contribution in [0.2, 0.25) is 0 Å². The van der Waals surface area contributed by atoms with Gasteiger partial charge in [0.25, 0.3) is 0 Å². The average Bonchev–Trinajstić information content (AvgIpc) is 2.92. The van der Waals surface area contributed by atoms with Crippen LogP contribution in [0.4, 0.5) is 8.78 Å². The van der Waals surface area contributed by atoms with Crippen molar-refractivity contribution in [1.29, 1.82) is 0 Å². The van der Waals surface area contributed by atoms with Gasteiger partial charge in [0.15, 0.2) is 0 Å². The van der Waals surface area contributed by atoms with Crippen LogP contribution in [-0.4, -0.2) is 25.1 Å². The number of alkyl halides is 2. The number of rotatable bonds is 5. The SMILES string of the molecule is CC(NC(=O)C1CCCN1)c1ccc(OC(F)F)cc1. The number of carbonyl (C=O) groups excluding carboxylic acids is 1. The van der Waals surface area contributed by atoms with Gasteiger partial charge in [-0.15, -0.1) is 0 Å². The molecule has 2 N–H and O–H groups in total. The van der Waals surface area contributed by atoms with Crippen LogP contribution < -0.4 is 15.4 Å². The van der Waals surface area contributed by atoms with Crippen LogP contribution >= 0.6 is 0 Å². The van der Waals surface area contributed by atoms with E-state index >= 15 is 0 Å². The number of nitrogens with one attached hydrogen (secondary N) is 2. The Balaban J connectivity index is 1.91. The highest BCUT2D eigenvalue weighted by Gasteiger charge is 2.23. The van der Waals surface area contributed by atoms with E-state index < -0.39 is 6.61 Å². The summed E-state index contributed by atoms with van der Waals surface area (Å²) >= 11 is 0. The van der Waals surface area contributed by atoms with E-state index in [0.29, 0.717) is 0 Å². The monoisotopic (exact) mass is 284 g/mol. The molecule has 20 heavy (non-hydrogen) atoms. The van der Waals surface area contributed by atoms with Crippen LogP contribution in [0.15, 0.2) is 24.3 Å². The highest BCUT2D eigenvalue weighted by molar-refractivity contribution is 5.82. The summed E-state index contributed by atoms with van der Waals surface area (Å²) in [6.45, 7) is -0.103. The maximum Gasteiger partial charge on any atom is 0.387 e. The van der Waals surface area contributed by atoms with Gasteiger partial charge in [0.05, 0.1) is 12.1 Å². The van der Waals surface area contributed by atoms with Gasteiger partial charge in [0.1, 0.15) is 5.75 Å². The molecule has 0 saturated carbocycles. The van der Waals surface area contributed by atoms with Gasteiger partial charge in [-0.2, -0.15) is 8.78 Å². The summed E-state index contributed by atoms with van der Waals surface area (Å²) < 4.78 is 28.4. The van der Waals surface area contributed by atoms with Crippen LogP contribution in [0.1, 0.15) is 31.4 Å². The zero-order chi connectivity index (χ0) is 14.5. The van der Waals surface area contributed by atoms with Gasteiger partial charge in [-0.25, -0.2) is 0 Å². The smallest absolute Gasteiger partial charge is 0.387 e. The number of benzene rings is 1. The van der Waals surface area contributed by atoms with E-state index in [1.165, 1.54) is 12.1 Å². The molecule has 0 radical (unpaired) electrons. The summed E-state index contributed by atoms with van der Waals surface area (Å²) in [6, 6.07) is 5.98. The van der Waals surface area contributed by atoms with Crippen LogP contribution in [-0.2, 0) is 4.79 Å². The van der Waals surface area contributed by atoms with Crippen molar-refractivity contribution in [3.8, 4) is 5.75 Å². The van der Waals surface area contributed by atoms with Gasteiger partial charge >= 0.3 is 6.61 Å². The summed E-state index contributed by atoms with van der Waals surface area (Å²) in [4.78, 5) is 11.9. The zero-order valence-electron chi connectivity index (χ0n) is 11.2. The largest absolute Gasteiger partial charge is 0.435 e. The topological polar surface area (TPSA) is 50.4 Å². The van der Waals surface area contributed by atoms with E-state index in [4.69, 9.17) is 0 Å². The summed E-state index contributed by atoms with van der Waals surface area (Å²) in [6.07, 6.45) is 1.85. The first-order valence-corrected chi connectivity index (χ1v) is 6.65. The lowest BCUT2D eigenvalue weighted by Crippen LogP contribution is -2.41. The Labute approximate surface area is 116 Å². The minimum atomic E-state index is -2.83. The molecule has 1 fully saturated rings. The van der Waals surface area contributed by atoms with Gasteiger partial charge in [0.2, 0.25) is 5.91 Å². The Morgan fingerprint density at radius 2 is 2.10 bits per heavy atom. The van der Waals surface area contributed by atoms with E-state index in [-0.39, 0.29) is 23.7 Å². The lowest BCUT2D eigenvalue weighted by Gasteiger charge is -2.18. The lowest BCUT2D eigenvalue weighted by molar-refractivity contribution is -0.123. The van der Waals surface area contributed by atoms with Crippen molar-refractivity contribution in [2.45, 2.75) is 38.5 Å². The summed E-state index contributed by atoms with van der Waals surface area (Å²) in [5.74, 6) is 0.0858. The zero-order valence-corrected chi connectivity index (χ0v) is 11.2. The van der Waals surface area contributed by atoms with Crippen LogP contribution in [0, 0.1) is 0 Å². The molecule has 0 spiro atoms. The molecule has 1 aromatic rings. The molecule has 0 aromatic heterocycles. The highest BCUT2D eigenvalue weighted by atomic mass is 19.3. The molecule has 6 heteroatoms. The molecule has 110 valence electrons. The molecular formula is C14H18F2N2O2. The Kier molecular flexibility index (Phi) is 4.89. The molecule has 0 aliphatic carbocycles. The molecule has 1 aliphatic rings. The maximum atomic E-state index is 12.0. The number of halogens is 2. The number of hydrogen-bond acceptors (Lipinski definition) is 3. The Hall–Kier alpha value is -1.69. The molecule has 4 nitrogen and oxygen atoms in total. The second kappa shape index (κ2) is 6.65. The van der Waals surface area contributed by atoms with Gasteiger partial charge in [-0.05, 0) is 44.0 Å². The van der Waals surface area contributed by atoms with Crippen molar-refractivity contribution >= 4 is 5.91 Å². The van der Waals surface area contributed by atoms with E-state index in [9.17, 15) is 13.6 Å². The second-order valence-electron chi connectivity index (χ2n) is 4.83. The normalized spacial score (nSPS) is 19.9. The third-order valence-electron chi connectivity index (χ3n) is 3.34. The van der Waals surface area contributed by atoms with Gasteiger partial charge < -0.3 is 15.4 Å². The Morgan fingerprint density at radius 1 is 1.40 bits per heavy atom. The van der Waals surface area contributed by atoms with Gasteiger partial charge in [-0.1, -0.05) is 12.1 Å². The van der Waals surface area contributed by atoms with E-state index in [1.54, 1.807) is 12.1 Å². The fourth-order valence-electron chi connectivity index (χ4n) is 2.24. The number of hydrogen-bond donors (Lipinski definition) is 2. The lowest BCUT2D eigenvalue weighted by atomic mass is 10.1. The van der Waals surface area contributed by atoms with Gasteiger partial charge in [0, 0.05) is 0 Å². The van der Waals surface area contributed by atoms with Crippen LogP contribution in [0.25, 0.3) is 0 Å². The quantitative estimate of drug-likeness (QED) is 0.871. The first-order chi connectivity index (χ1) is 9.56.